The van der Waals surface area contributed by atoms with E-state index in [1.807, 2.05) is 0 Å². The minimum Gasteiger partial charge on any atom is -0.335 e. The van der Waals surface area contributed by atoms with E-state index >= 15 is 0 Å². The Balaban J connectivity index is 1.82. The number of rotatable bonds is 2. The van der Waals surface area contributed by atoms with Crippen molar-refractivity contribution in [3.05, 3.63) is 29.3 Å². The molecule has 1 aliphatic rings. The smallest absolute Gasteiger partial charge is 0.319 e. The summed E-state index contributed by atoms with van der Waals surface area (Å²) in [5.74, 6) is 0. The van der Waals surface area contributed by atoms with E-state index in [0.29, 0.717) is 5.02 Å². The van der Waals surface area contributed by atoms with Crippen LogP contribution in [0, 0.1) is 0 Å². The molecule has 4 nitrogen and oxygen atoms in total. The van der Waals surface area contributed by atoms with Gasteiger partial charge < -0.3 is 16.0 Å². The number of nitrogens with one attached hydrogen (secondary N) is 3. The molecule has 0 aliphatic carbocycles. The molecule has 1 aromatic carbocycles. The number of carbonyl (C=O) groups excluding carboxylic acids is 1. The minimum absolute atomic E-state index is 0.149. The maximum atomic E-state index is 11.8. The van der Waals surface area contributed by atoms with Crippen LogP contribution in [0.15, 0.2) is 24.3 Å². The van der Waals surface area contributed by atoms with Crippen molar-refractivity contribution in [1.29, 1.82) is 0 Å². The van der Waals surface area contributed by atoms with E-state index in [1.165, 1.54) is 0 Å². The highest BCUT2D eigenvalue weighted by Gasteiger charge is 2.14. The largest absolute Gasteiger partial charge is 0.335 e. The van der Waals surface area contributed by atoms with E-state index < -0.39 is 0 Å². The van der Waals surface area contributed by atoms with E-state index in [4.69, 9.17) is 11.6 Å². The van der Waals surface area contributed by atoms with E-state index in [0.717, 1.165) is 38.0 Å². The summed E-state index contributed by atoms with van der Waals surface area (Å²) in [7, 11) is 0. The van der Waals surface area contributed by atoms with E-state index in [9.17, 15) is 4.79 Å². The Bertz CT molecular complexity index is 386. The molecule has 1 aliphatic heterocycles. The minimum atomic E-state index is -0.149. The Hall–Kier alpha value is -1.26. The number of anilines is 1. The van der Waals surface area contributed by atoms with Crippen molar-refractivity contribution in [2.24, 2.45) is 0 Å². The molecule has 2 amide bonds. The molecule has 0 saturated carbocycles. The molecule has 1 saturated heterocycles. The Labute approximate surface area is 112 Å². The summed E-state index contributed by atoms with van der Waals surface area (Å²) < 4.78 is 0. The standard InChI is InChI=1S/C13H18ClN3O/c14-10-3-5-12(6-4-10)17-13(18)16-11-2-1-8-15-9-7-11/h3-6,11,15H,1-2,7-9H2,(H2,16,17,18). The van der Waals surface area contributed by atoms with Crippen LogP contribution >= 0.6 is 11.6 Å². The van der Waals surface area contributed by atoms with E-state index in [1.54, 1.807) is 24.3 Å². The second-order valence-electron chi connectivity index (χ2n) is 4.48. The van der Waals surface area contributed by atoms with Gasteiger partial charge in [0.05, 0.1) is 0 Å². The molecule has 1 fully saturated rings. The summed E-state index contributed by atoms with van der Waals surface area (Å²) >= 11 is 5.79. The Kier molecular flexibility index (Phi) is 4.84. The van der Waals surface area contributed by atoms with Crippen molar-refractivity contribution in [2.75, 3.05) is 18.4 Å². The summed E-state index contributed by atoms with van der Waals surface area (Å²) in [4.78, 5) is 11.8. The summed E-state index contributed by atoms with van der Waals surface area (Å²) in [6.07, 6.45) is 3.11. The predicted molar refractivity (Wildman–Crippen MR) is 74.1 cm³/mol. The van der Waals surface area contributed by atoms with Gasteiger partial charge in [-0.1, -0.05) is 11.6 Å². The molecular formula is C13H18ClN3O. The van der Waals surface area contributed by atoms with Gasteiger partial charge in [0, 0.05) is 16.8 Å². The first kappa shape index (κ1) is 13.2. The van der Waals surface area contributed by atoms with Crippen LogP contribution in [-0.4, -0.2) is 25.2 Å². The summed E-state index contributed by atoms with van der Waals surface area (Å²) in [6.45, 7) is 2.00. The molecule has 5 heteroatoms. The van der Waals surface area contributed by atoms with Crippen LogP contribution in [0.1, 0.15) is 19.3 Å². The van der Waals surface area contributed by atoms with Crippen LogP contribution in [0.2, 0.25) is 5.02 Å². The molecule has 3 N–H and O–H groups in total. The third-order valence-corrected chi connectivity index (χ3v) is 3.27. The summed E-state index contributed by atoms with van der Waals surface area (Å²) in [6, 6.07) is 7.20. The Morgan fingerprint density at radius 3 is 2.78 bits per heavy atom. The normalized spacial score (nSPS) is 19.9. The highest BCUT2D eigenvalue weighted by molar-refractivity contribution is 6.30. The molecule has 1 unspecified atom stereocenters. The molecular weight excluding hydrogens is 250 g/mol. The molecule has 1 atom stereocenters. The van der Waals surface area contributed by atoms with Gasteiger partial charge in [-0.05, 0) is 56.6 Å². The van der Waals surface area contributed by atoms with Crippen molar-refractivity contribution in [1.82, 2.24) is 10.6 Å². The van der Waals surface area contributed by atoms with Gasteiger partial charge in [-0.15, -0.1) is 0 Å². The van der Waals surface area contributed by atoms with Gasteiger partial charge in [0.1, 0.15) is 0 Å². The van der Waals surface area contributed by atoms with E-state index in [-0.39, 0.29) is 12.1 Å². The molecule has 1 heterocycles. The lowest BCUT2D eigenvalue weighted by Gasteiger charge is -2.16. The maximum absolute atomic E-state index is 11.8. The van der Waals surface area contributed by atoms with Crippen molar-refractivity contribution < 1.29 is 4.79 Å². The zero-order valence-corrected chi connectivity index (χ0v) is 11.0. The van der Waals surface area contributed by atoms with Crippen molar-refractivity contribution in [3.8, 4) is 0 Å². The zero-order valence-electron chi connectivity index (χ0n) is 10.2. The zero-order chi connectivity index (χ0) is 12.8. The summed E-state index contributed by atoms with van der Waals surface area (Å²) in [5.41, 5.74) is 0.753. The molecule has 98 valence electrons. The van der Waals surface area contributed by atoms with Crippen LogP contribution in [-0.2, 0) is 0 Å². The van der Waals surface area contributed by atoms with Crippen molar-refractivity contribution in [2.45, 2.75) is 25.3 Å². The second kappa shape index (κ2) is 6.61. The third-order valence-electron chi connectivity index (χ3n) is 3.01. The molecule has 1 aromatic rings. The van der Waals surface area contributed by atoms with Gasteiger partial charge >= 0.3 is 6.03 Å². The molecule has 0 radical (unpaired) electrons. The van der Waals surface area contributed by atoms with Crippen molar-refractivity contribution in [3.63, 3.8) is 0 Å². The molecule has 0 spiro atoms. The van der Waals surface area contributed by atoms with Gasteiger partial charge in [0.2, 0.25) is 0 Å². The van der Waals surface area contributed by atoms with Crippen LogP contribution < -0.4 is 16.0 Å². The summed E-state index contributed by atoms with van der Waals surface area (Å²) in [5, 5.41) is 9.79. The van der Waals surface area contributed by atoms with Crippen LogP contribution in [0.3, 0.4) is 0 Å². The first-order chi connectivity index (χ1) is 8.74. The lowest BCUT2D eigenvalue weighted by molar-refractivity contribution is 0.247. The molecule has 2 rings (SSSR count). The fourth-order valence-corrected chi connectivity index (χ4v) is 2.18. The van der Waals surface area contributed by atoms with Crippen LogP contribution in [0.5, 0.6) is 0 Å². The monoisotopic (exact) mass is 267 g/mol. The number of carbonyl (C=O) groups is 1. The predicted octanol–water partition coefficient (Wildman–Crippen LogP) is 2.60. The van der Waals surface area contributed by atoms with E-state index in [2.05, 4.69) is 16.0 Å². The van der Waals surface area contributed by atoms with Gasteiger partial charge in [0.15, 0.2) is 0 Å². The second-order valence-corrected chi connectivity index (χ2v) is 4.92. The van der Waals surface area contributed by atoms with Gasteiger partial charge in [-0.25, -0.2) is 4.79 Å². The fraction of sp³-hybridized carbons (Fsp3) is 0.462. The first-order valence-corrected chi connectivity index (χ1v) is 6.65. The fourth-order valence-electron chi connectivity index (χ4n) is 2.05. The lowest BCUT2D eigenvalue weighted by atomic mass is 10.1. The number of hydrogen-bond acceptors (Lipinski definition) is 2. The molecule has 18 heavy (non-hydrogen) atoms. The molecule has 0 bridgehead atoms. The van der Waals surface area contributed by atoms with Gasteiger partial charge in [-0.2, -0.15) is 0 Å². The molecule has 0 aromatic heterocycles. The number of hydrogen-bond donors (Lipinski definition) is 3. The maximum Gasteiger partial charge on any atom is 0.319 e. The number of amides is 2. The Morgan fingerprint density at radius 1 is 1.22 bits per heavy atom. The topological polar surface area (TPSA) is 53.2 Å². The third kappa shape index (κ3) is 4.20. The quantitative estimate of drug-likeness (QED) is 0.772. The highest BCUT2D eigenvalue weighted by Crippen LogP contribution is 2.13. The number of urea groups is 1. The van der Waals surface area contributed by atoms with Crippen LogP contribution in [0.25, 0.3) is 0 Å². The number of benzene rings is 1. The SMILES string of the molecule is O=C(Nc1ccc(Cl)cc1)NC1CCCNCC1. The van der Waals surface area contributed by atoms with Crippen LogP contribution in [0.4, 0.5) is 10.5 Å². The lowest BCUT2D eigenvalue weighted by Crippen LogP contribution is -2.38. The van der Waals surface area contributed by atoms with Gasteiger partial charge in [0.25, 0.3) is 0 Å². The Morgan fingerprint density at radius 2 is 2.00 bits per heavy atom. The van der Waals surface area contributed by atoms with Crippen molar-refractivity contribution >= 4 is 23.3 Å². The first-order valence-electron chi connectivity index (χ1n) is 6.28. The number of halogens is 1. The average Bonchev–Trinajstić information content (AvgIpc) is 2.61. The highest BCUT2D eigenvalue weighted by atomic mass is 35.5. The average molecular weight is 268 g/mol. The van der Waals surface area contributed by atoms with Gasteiger partial charge in [-0.3, -0.25) is 0 Å².